The minimum absolute atomic E-state index is 0.0291. The molecular formula is C14H27N3OS. The number of nitrogens with one attached hydrogen (secondary N) is 2. The number of carbonyl (C=O) groups excluding carboxylic acids is 1. The third kappa shape index (κ3) is 5.22. The first-order valence-corrected chi connectivity index (χ1v) is 8.78. The summed E-state index contributed by atoms with van der Waals surface area (Å²) < 4.78 is 0. The van der Waals surface area contributed by atoms with E-state index in [9.17, 15) is 4.79 Å². The van der Waals surface area contributed by atoms with Crippen LogP contribution in [0.2, 0.25) is 0 Å². The molecule has 2 aliphatic heterocycles. The highest BCUT2D eigenvalue weighted by Crippen LogP contribution is 2.17. The summed E-state index contributed by atoms with van der Waals surface area (Å²) in [7, 11) is 0. The van der Waals surface area contributed by atoms with Crippen LogP contribution in [-0.2, 0) is 0 Å². The van der Waals surface area contributed by atoms with Gasteiger partial charge in [0.15, 0.2) is 0 Å². The highest BCUT2D eigenvalue weighted by Gasteiger charge is 2.22. The van der Waals surface area contributed by atoms with Crippen LogP contribution in [0.1, 0.15) is 32.6 Å². The van der Waals surface area contributed by atoms with E-state index < -0.39 is 0 Å². The van der Waals surface area contributed by atoms with Gasteiger partial charge in [-0.3, -0.25) is 0 Å². The van der Waals surface area contributed by atoms with Crippen LogP contribution in [-0.4, -0.2) is 54.7 Å². The van der Waals surface area contributed by atoms with Crippen LogP contribution < -0.4 is 10.6 Å². The molecule has 2 heterocycles. The van der Waals surface area contributed by atoms with Crippen molar-refractivity contribution in [1.82, 2.24) is 15.5 Å². The van der Waals surface area contributed by atoms with Crippen LogP contribution >= 0.6 is 11.8 Å². The van der Waals surface area contributed by atoms with E-state index in [1.807, 2.05) is 11.8 Å². The van der Waals surface area contributed by atoms with Crippen molar-refractivity contribution in [2.75, 3.05) is 37.7 Å². The minimum Gasteiger partial charge on any atom is -0.338 e. The molecule has 2 rings (SSSR count). The Morgan fingerprint density at radius 3 is 3.05 bits per heavy atom. The second kappa shape index (κ2) is 8.00. The maximum atomic E-state index is 11.8. The van der Waals surface area contributed by atoms with Crippen molar-refractivity contribution in [2.24, 2.45) is 5.92 Å². The summed E-state index contributed by atoms with van der Waals surface area (Å²) in [5, 5.41) is 6.14. The second-order valence-corrected chi connectivity index (χ2v) is 6.87. The van der Waals surface area contributed by atoms with Gasteiger partial charge < -0.3 is 15.5 Å². The highest BCUT2D eigenvalue weighted by molar-refractivity contribution is 7.99. The molecule has 2 saturated heterocycles. The molecule has 0 aliphatic carbocycles. The van der Waals surface area contributed by atoms with Gasteiger partial charge in [0.2, 0.25) is 0 Å². The molecule has 0 aromatic heterocycles. The number of hydrogen-bond donors (Lipinski definition) is 2. The minimum atomic E-state index is 0.0291. The molecule has 2 fully saturated rings. The van der Waals surface area contributed by atoms with Crippen LogP contribution in [0.15, 0.2) is 0 Å². The second-order valence-electron chi connectivity index (χ2n) is 5.72. The molecule has 2 amide bonds. The number of likely N-dealkylation sites (tertiary alicyclic amines) is 1. The number of carbonyl (C=O) groups is 1. The Morgan fingerprint density at radius 1 is 1.42 bits per heavy atom. The largest absolute Gasteiger partial charge is 0.338 e. The summed E-state index contributed by atoms with van der Waals surface area (Å²) in [4.78, 5) is 14.3. The lowest BCUT2D eigenvalue weighted by Crippen LogP contribution is -2.45. The third-order valence-electron chi connectivity index (χ3n) is 3.96. The van der Waals surface area contributed by atoms with Crippen molar-refractivity contribution in [1.29, 1.82) is 0 Å². The molecule has 0 radical (unpaired) electrons. The SMILES string of the molecule is CCCN1CC[C@@H](CNC(=O)N[C@H]2CCCSC2)C1. The van der Waals surface area contributed by atoms with Crippen molar-refractivity contribution in [2.45, 2.75) is 38.6 Å². The average Bonchev–Trinajstić information content (AvgIpc) is 2.86. The summed E-state index contributed by atoms with van der Waals surface area (Å²) in [5.41, 5.74) is 0. The average molecular weight is 285 g/mol. The first-order valence-electron chi connectivity index (χ1n) is 7.62. The number of amides is 2. The Kier molecular flexibility index (Phi) is 6.31. The monoisotopic (exact) mass is 285 g/mol. The van der Waals surface area contributed by atoms with E-state index in [0.29, 0.717) is 12.0 Å². The van der Waals surface area contributed by atoms with E-state index >= 15 is 0 Å². The smallest absolute Gasteiger partial charge is 0.315 e. The van der Waals surface area contributed by atoms with Crippen LogP contribution in [0.3, 0.4) is 0 Å². The van der Waals surface area contributed by atoms with Crippen LogP contribution in [0.4, 0.5) is 4.79 Å². The zero-order valence-corrected chi connectivity index (χ0v) is 12.8. The predicted molar refractivity (Wildman–Crippen MR) is 81.7 cm³/mol. The lowest BCUT2D eigenvalue weighted by molar-refractivity contribution is 0.235. The Bertz CT molecular complexity index is 282. The maximum absolute atomic E-state index is 11.8. The van der Waals surface area contributed by atoms with E-state index in [0.717, 1.165) is 25.3 Å². The van der Waals surface area contributed by atoms with Gasteiger partial charge in [-0.25, -0.2) is 4.79 Å². The first kappa shape index (κ1) is 15.0. The summed E-state index contributed by atoms with van der Waals surface area (Å²) in [5.74, 6) is 2.95. The van der Waals surface area contributed by atoms with Crippen molar-refractivity contribution >= 4 is 17.8 Å². The van der Waals surface area contributed by atoms with Crippen molar-refractivity contribution in [3.05, 3.63) is 0 Å². The molecule has 0 spiro atoms. The normalized spacial score (nSPS) is 28.3. The lowest BCUT2D eigenvalue weighted by atomic mass is 10.1. The Hall–Kier alpha value is -0.420. The molecule has 110 valence electrons. The molecule has 2 aliphatic rings. The third-order valence-corrected chi connectivity index (χ3v) is 5.17. The molecular weight excluding hydrogens is 258 g/mol. The topological polar surface area (TPSA) is 44.4 Å². The van der Waals surface area contributed by atoms with E-state index in [2.05, 4.69) is 22.5 Å². The van der Waals surface area contributed by atoms with Gasteiger partial charge in [-0.1, -0.05) is 6.92 Å². The van der Waals surface area contributed by atoms with E-state index in [1.54, 1.807) is 0 Å². The number of thioether (sulfide) groups is 1. The molecule has 5 heteroatoms. The molecule has 0 unspecified atom stereocenters. The zero-order chi connectivity index (χ0) is 13.5. The molecule has 19 heavy (non-hydrogen) atoms. The predicted octanol–water partition coefficient (Wildman–Crippen LogP) is 1.91. The van der Waals surface area contributed by atoms with Crippen LogP contribution in [0.25, 0.3) is 0 Å². The Balaban J connectivity index is 1.58. The van der Waals surface area contributed by atoms with Gasteiger partial charge in [-0.2, -0.15) is 11.8 Å². The van der Waals surface area contributed by atoms with Crippen molar-refractivity contribution in [3.8, 4) is 0 Å². The van der Waals surface area contributed by atoms with E-state index in [1.165, 1.54) is 38.1 Å². The van der Waals surface area contributed by atoms with Gasteiger partial charge in [0, 0.05) is 24.9 Å². The molecule has 0 saturated carbocycles. The highest BCUT2D eigenvalue weighted by atomic mass is 32.2. The lowest BCUT2D eigenvalue weighted by Gasteiger charge is -2.23. The van der Waals surface area contributed by atoms with Crippen molar-refractivity contribution < 1.29 is 4.79 Å². The van der Waals surface area contributed by atoms with Crippen LogP contribution in [0, 0.1) is 5.92 Å². The van der Waals surface area contributed by atoms with Gasteiger partial charge >= 0.3 is 6.03 Å². The Labute approximate surface area is 121 Å². The van der Waals surface area contributed by atoms with Gasteiger partial charge in [-0.05, 0) is 50.4 Å². The van der Waals surface area contributed by atoms with Gasteiger partial charge in [0.05, 0.1) is 0 Å². The maximum Gasteiger partial charge on any atom is 0.315 e. The van der Waals surface area contributed by atoms with Crippen LogP contribution in [0.5, 0.6) is 0 Å². The first-order chi connectivity index (χ1) is 9.28. The molecule has 0 aromatic carbocycles. The zero-order valence-electron chi connectivity index (χ0n) is 12.0. The fraction of sp³-hybridized carbons (Fsp3) is 0.929. The van der Waals surface area contributed by atoms with Gasteiger partial charge in [-0.15, -0.1) is 0 Å². The Morgan fingerprint density at radius 2 is 2.32 bits per heavy atom. The van der Waals surface area contributed by atoms with E-state index in [4.69, 9.17) is 0 Å². The fourth-order valence-corrected chi connectivity index (χ4v) is 4.00. The van der Waals surface area contributed by atoms with E-state index in [-0.39, 0.29) is 6.03 Å². The summed E-state index contributed by atoms with van der Waals surface area (Å²) in [6.45, 7) is 6.59. The molecule has 2 N–H and O–H groups in total. The number of rotatable bonds is 5. The molecule has 0 bridgehead atoms. The number of urea groups is 1. The van der Waals surface area contributed by atoms with Gasteiger partial charge in [0.25, 0.3) is 0 Å². The molecule has 0 aromatic rings. The molecule has 2 atom stereocenters. The quantitative estimate of drug-likeness (QED) is 0.811. The van der Waals surface area contributed by atoms with Gasteiger partial charge in [0.1, 0.15) is 0 Å². The number of nitrogens with zero attached hydrogens (tertiary/aromatic N) is 1. The molecule has 4 nitrogen and oxygen atoms in total. The standard InChI is InChI=1S/C14H27N3OS/c1-2-6-17-7-5-12(10-17)9-15-14(18)16-13-4-3-8-19-11-13/h12-13H,2-11H2,1H3,(H2,15,16,18)/t12-,13-/m0/s1. The summed E-state index contributed by atoms with van der Waals surface area (Å²) in [6, 6.07) is 0.403. The fourth-order valence-electron chi connectivity index (χ4n) is 2.93. The summed E-state index contributed by atoms with van der Waals surface area (Å²) >= 11 is 1.94. The summed E-state index contributed by atoms with van der Waals surface area (Å²) in [6.07, 6.45) is 4.80. The van der Waals surface area contributed by atoms with Crippen molar-refractivity contribution in [3.63, 3.8) is 0 Å². The number of hydrogen-bond acceptors (Lipinski definition) is 3.